The Morgan fingerprint density at radius 2 is 2.11 bits per heavy atom. The van der Waals surface area contributed by atoms with Crippen molar-refractivity contribution in [2.45, 2.75) is 33.2 Å². The van der Waals surface area contributed by atoms with Gasteiger partial charge in [-0.3, -0.25) is 9.88 Å². The zero-order valence-electron chi connectivity index (χ0n) is 11.8. The Kier molecular flexibility index (Phi) is 6.68. The summed E-state index contributed by atoms with van der Waals surface area (Å²) in [5.74, 6) is 0.876. The smallest absolute Gasteiger partial charge is 0.122 e. The zero-order valence-corrected chi connectivity index (χ0v) is 11.8. The van der Waals surface area contributed by atoms with Crippen LogP contribution in [-0.2, 0) is 6.54 Å². The third-order valence-electron chi connectivity index (χ3n) is 2.87. The van der Waals surface area contributed by atoms with Crippen LogP contribution in [0.4, 0.5) is 0 Å². The van der Waals surface area contributed by atoms with E-state index in [0.29, 0.717) is 6.54 Å². The monoisotopic (exact) mass is 251 g/mol. The normalized spacial score (nSPS) is 10.9. The van der Waals surface area contributed by atoms with Gasteiger partial charge in [-0.1, -0.05) is 13.3 Å². The van der Waals surface area contributed by atoms with Gasteiger partial charge in [0.05, 0.1) is 12.8 Å². The molecule has 0 aliphatic rings. The lowest BCUT2D eigenvalue weighted by Gasteiger charge is -2.21. The molecule has 102 valence electrons. The molecule has 1 aromatic rings. The maximum atomic E-state index is 5.65. The second-order valence-electron chi connectivity index (χ2n) is 4.56. The average molecular weight is 251 g/mol. The number of methoxy groups -OCH3 is 1. The fraction of sp³-hybridized carbons (Fsp3) is 0.643. The van der Waals surface area contributed by atoms with Crippen LogP contribution in [0.15, 0.2) is 12.1 Å². The largest absolute Gasteiger partial charge is 0.497 e. The molecular weight excluding hydrogens is 226 g/mol. The third kappa shape index (κ3) is 5.02. The Morgan fingerprint density at radius 1 is 1.33 bits per heavy atom. The van der Waals surface area contributed by atoms with Gasteiger partial charge in [0.25, 0.3) is 0 Å². The predicted octanol–water partition coefficient (Wildman–Crippen LogP) is 1.96. The molecule has 0 bridgehead atoms. The van der Waals surface area contributed by atoms with Crippen molar-refractivity contribution in [3.8, 4) is 5.75 Å². The number of nitrogens with two attached hydrogens (primary N) is 1. The maximum Gasteiger partial charge on any atom is 0.122 e. The summed E-state index contributed by atoms with van der Waals surface area (Å²) >= 11 is 0. The van der Waals surface area contributed by atoms with E-state index in [9.17, 15) is 0 Å². The minimum Gasteiger partial charge on any atom is -0.497 e. The molecule has 1 aromatic heterocycles. The van der Waals surface area contributed by atoms with Gasteiger partial charge in [0.1, 0.15) is 5.75 Å². The second kappa shape index (κ2) is 8.06. The van der Waals surface area contributed by atoms with Gasteiger partial charge in [-0.2, -0.15) is 0 Å². The lowest BCUT2D eigenvalue weighted by molar-refractivity contribution is 0.265. The molecule has 1 heterocycles. The van der Waals surface area contributed by atoms with E-state index in [1.807, 2.05) is 19.1 Å². The first kappa shape index (κ1) is 14.9. The topological polar surface area (TPSA) is 51.4 Å². The van der Waals surface area contributed by atoms with Crippen molar-refractivity contribution in [2.75, 3.05) is 26.7 Å². The van der Waals surface area contributed by atoms with Crippen molar-refractivity contribution in [3.05, 3.63) is 23.5 Å². The third-order valence-corrected chi connectivity index (χ3v) is 2.87. The fourth-order valence-electron chi connectivity index (χ4n) is 1.96. The summed E-state index contributed by atoms with van der Waals surface area (Å²) < 4.78 is 5.28. The Bertz CT molecular complexity index is 355. The number of rotatable bonds is 8. The van der Waals surface area contributed by atoms with Gasteiger partial charge >= 0.3 is 0 Å². The standard InChI is InChI=1S/C14H25N3O/c1-4-5-7-17(8-6-15)11-13-10-14(18-3)9-12(2)16-13/h9-10H,4-8,11,15H2,1-3H3. The molecule has 0 aliphatic heterocycles. The minimum atomic E-state index is 0.687. The summed E-state index contributed by atoms with van der Waals surface area (Å²) in [5, 5.41) is 0. The molecule has 0 aliphatic carbocycles. The molecule has 1 rings (SSSR count). The number of hydrogen-bond acceptors (Lipinski definition) is 4. The Labute approximate surface area is 110 Å². The molecule has 0 radical (unpaired) electrons. The number of aryl methyl sites for hydroxylation is 1. The number of nitrogens with zero attached hydrogens (tertiary/aromatic N) is 2. The van der Waals surface area contributed by atoms with Gasteiger partial charge in [-0.15, -0.1) is 0 Å². The summed E-state index contributed by atoms with van der Waals surface area (Å²) in [6.45, 7) is 7.71. The lowest BCUT2D eigenvalue weighted by Crippen LogP contribution is -2.30. The molecule has 0 amide bonds. The van der Waals surface area contributed by atoms with E-state index in [1.54, 1.807) is 7.11 Å². The summed E-state index contributed by atoms with van der Waals surface area (Å²) in [4.78, 5) is 6.90. The van der Waals surface area contributed by atoms with Crippen molar-refractivity contribution in [1.29, 1.82) is 0 Å². The van der Waals surface area contributed by atoms with Gasteiger partial charge < -0.3 is 10.5 Å². The molecule has 18 heavy (non-hydrogen) atoms. The highest BCUT2D eigenvalue weighted by molar-refractivity contribution is 5.26. The molecule has 0 unspecified atom stereocenters. The second-order valence-corrected chi connectivity index (χ2v) is 4.56. The number of ether oxygens (including phenoxy) is 1. The molecular formula is C14H25N3O. The first-order chi connectivity index (χ1) is 8.69. The van der Waals surface area contributed by atoms with E-state index in [2.05, 4.69) is 16.8 Å². The number of pyridine rings is 1. The van der Waals surface area contributed by atoms with E-state index < -0.39 is 0 Å². The fourth-order valence-corrected chi connectivity index (χ4v) is 1.96. The summed E-state index contributed by atoms with van der Waals surface area (Å²) in [6, 6.07) is 3.95. The maximum absolute atomic E-state index is 5.65. The van der Waals surface area contributed by atoms with Crippen LogP contribution < -0.4 is 10.5 Å². The number of unbranched alkanes of at least 4 members (excludes halogenated alkanes) is 1. The molecule has 0 atom stereocenters. The van der Waals surface area contributed by atoms with E-state index in [1.165, 1.54) is 12.8 Å². The number of hydrogen-bond donors (Lipinski definition) is 1. The molecule has 0 spiro atoms. The van der Waals surface area contributed by atoms with Crippen molar-refractivity contribution in [1.82, 2.24) is 9.88 Å². The van der Waals surface area contributed by atoms with Crippen LogP contribution in [0.1, 0.15) is 31.2 Å². The van der Waals surface area contributed by atoms with E-state index in [-0.39, 0.29) is 0 Å². The van der Waals surface area contributed by atoms with Crippen LogP contribution in [0, 0.1) is 6.92 Å². The highest BCUT2D eigenvalue weighted by Crippen LogP contribution is 2.14. The van der Waals surface area contributed by atoms with Crippen molar-refractivity contribution < 1.29 is 4.74 Å². The Hall–Kier alpha value is -1.13. The summed E-state index contributed by atoms with van der Waals surface area (Å²) in [6.07, 6.45) is 2.40. The van der Waals surface area contributed by atoms with E-state index in [4.69, 9.17) is 10.5 Å². The van der Waals surface area contributed by atoms with E-state index >= 15 is 0 Å². The van der Waals surface area contributed by atoms with Crippen LogP contribution in [0.25, 0.3) is 0 Å². The molecule has 0 aromatic carbocycles. The molecule has 0 saturated carbocycles. The highest BCUT2D eigenvalue weighted by atomic mass is 16.5. The van der Waals surface area contributed by atoms with Crippen LogP contribution in [0.3, 0.4) is 0 Å². The highest BCUT2D eigenvalue weighted by Gasteiger charge is 2.07. The Balaban J connectivity index is 2.69. The van der Waals surface area contributed by atoms with Gasteiger partial charge in [0.2, 0.25) is 0 Å². The molecule has 0 saturated heterocycles. The molecule has 4 heteroatoms. The van der Waals surface area contributed by atoms with Crippen molar-refractivity contribution in [2.24, 2.45) is 5.73 Å². The van der Waals surface area contributed by atoms with E-state index in [0.717, 1.165) is 36.8 Å². The average Bonchev–Trinajstić information content (AvgIpc) is 2.35. The van der Waals surface area contributed by atoms with Crippen LogP contribution in [0.5, 0.6) is 5.75 Å². The minimum absolute atomic E-state index is 0.687. The zero-order chi connectivity index (χ0) is 13.4. The summed E-state index contributed by atoms with van der Waals surface area (Å²) in [5.41, 5.74) is 7.70. The first-order valence-electron chi connectivity index (χ1n) is 6.63. The van der Waals surface area contributed by atoms with Crippen molar-refractivity contribution in [3.63, 3.8) is 0 Å². The van der Waals surface area contributed by atoms with Gasteiger partial charge in [0, 0.05) is 37.5 Å². The van der Waals surface area contributed by atoms with Crippen LogP contribution >= 0.6 is 0 Å². The van der Waals surface area contributed by atoms with Crippen molar-refractivity contribution >= 4 is 0 Å². The quantitative estimate of drug-likeness (QED) is 0.767. The van der Waals surface area contributed by atoms with Crippen LogP contribution in [-0.4, -0.2) is 36.6 Å². The lowest BCUT2D eigenvalue weighted by atomic mass is 10.2. The number of aromatic nitrogens is 1. The molecule has 0 fully saturated rings. The predicted molar refractivity (Wildman–Crippen MR) is 74.8 cm³/mol. The first-order valence-corrected chi connectivity index (χ1v) is 6.63. The molecule has 4 nitrogen and oxygen atoms in total. The Morgan fingerprint density at radius 3 is 2.72 bits per heavy atom. The molecule has 2 N–H and O–H groups in total. The SMILES string of the molecule is CCCCN(CCN)Cc1cc(OC)cc(C)n1. The summed E-state index contributed by atoms with van der Waals surface area (Å²) in [7, 11) is 1.69. The van der Waals surface area contributed by atoms with Gasteiger partial charge in [-0.25, -0.2) is 0 Å². The van der Waals surface area contributed by atoms with Crippen LogP contribution in [0.2, 0.25) is 0 Å². The van der Waals surface area contributed by atoms with Gasteiger partial charge in [0.15, 0.2) is 0 Å². The van der Waals surface area contributed by atoms with Gasteiger partial charge in [-0.05, 0) is 19.9 Å².